The van der Waals surface area contributed by atoms with Crippen molar-refractivity contribution in [2.45, 2.75) is 26.2 Å². The van der Waals surface area contributed by atoms with Gasteiger partial charge in [0.2, 0.25) is 0 Å². The average Bonchev–Trinajstić information content (AvgIpc) is 2.60. The summed E-state index contributed by atoms with van der Waals surface area (Å²) in [6, 6.07) is 8.21. The summed E-state index contributed by atoms with van der Waals surface area (Å²) in [5.74, 6) is 0.587. The van der Waals surface area contributed by atoms with Crippen molar-refractivity contribution in [3.8, 4) is 0 Å². The highest BCUT2D eigenvalue weighted by atomic mass is 16.3. The van der Waals surface area contributed by atoms with Gasteiger partial charge in [-0.25, -0.2) is 0 Å². The summed E-state index contributed by atoms with van der Waals surface area (Å²) in [4.78, 5) is 0. The molecule has 2 aromatic rings. The van der Waals surface area contributed by atoms with Crippen molar-refractivity contribution in [2.75, 3.05) is 0 Å². The van der Waals surface area contributed by atoms with Crippen LogP contribution in [0.15, 0.2) is 34.9 Å². The summed E-state index contributed by atoms with van der Waals surface area (Å²) in [5.41, 5.74) is 2.33. The second kappa shape index (κ2) is 3.25. The minimum Gasteiger partial charge on any atom is -0.464 e. The van der Waals surface area contributed by atoms with Crippen molar-refractivity contribution in [1.82, 2.24) is 0 Å². The van der Waals surface area contributed by atoms with E-state index in [1.807, 2.05) is 18.4 Å². The lowest BCUT2D eigenvalue weighted by atomic mass is 9.98. The number of para-hydroxylation sites is 1. The van der Waals surface area contributed by atoms with Gasteiger partial charge in [0, 0.05) is 10.9 Å². The molecule has 0 saturated carbocycles. The molecule has 1 aromatic heterocycles. The van der Waals surface area contributed by atoms with Crippen LogP contribution in [0, 0.1) is 0 Å². The van der Waals surface area contributed by atoms with Crippen molar-refractivity contribution < 1.29 is 4.42 Å². The number of hydrogen-bond acceptors (Lipinski definition) is 1. The molecule has 1 heterocycles. The highest BCUT2D eigenvalue weighted by Gasteiger charge is 2.09. The van der Waals surface area contributed by atoms with Crippen LogP contribution >= 0.6 is 0 Å². The molecule has 0 spiro atoms. The van der Waals surface area contributed by atoms with Crippen LogP contribution in [0.5, 0.6) is 0 Å². The van der Waals surface area contributed by atoms with E-state index in [4.69, 9.17) is 4.42 Å². The van der Waals surface area contributed by atoms with Gasteiger partial charge in [-0.1, -0.05) is 32.0 Å². The van der Waals surface area contributed by atoms with Crippen LogP contribution in [-0.4, -0.2) is 0 Å². The normalized spacial score (nSPS) is 13.4. The summed E-state index contributed by atoms with van der Waals surface area (Å²) < 4.78 is 5.47. The SMILES string of the molecule is CCC(C)c1coc2ccccc12. The molecule has 0 amide bonds. The molecule has 13 heavy (non-hydrogen) atoms. The fraction of sp³-hybridized carbons (Fsp3) is 0.333. The molecule has 0 aliphatic heterocycles. The van der Waals surface area contributed by atoms with E-state index in [1.54, 1.807) is 0 Å². The molecule has 0 aliphatic rings. The molecule has 0 N–H and O–H groups in total. The molecular weight excluding hydrogens is 160 g/mol. The molecule has 0 bridgehead atoms. The monoisotopic (exact) mass is 174 g/mol. The minimum absolute atomic E-state index is 0.587. The van der Waals surface area contributed by atoms with Crippen LogP contribution in [0.1, 0.15) is 31.7 Å². The summed E-state index contributed by atoms with van der Waals surface area (Å²) in [6.45, 7) is 4.43. The molecule has 2 rings (SSSR count). The van der Waals surface area contributed by atoms with Gasteiger partial charge in [-0.05, 0) is 18.4 Å². The maximum atomic E-state index is 5.47. The predicted molar refractivity (Wildman–Crippen MR) is 54.9 cm³/mol. The van der Waals surface area contributed by atoms with Crippen molar-refractivity contribution in [1.29, 1.82) is 0 Å². The van der Waals surface area contributed by atoms with Crippen LogP contribution in [0.3, 0.4) is 0 Å². The van der Waals surface area contributed by atoms with Gasteiger partial charge in [-0.2, -0.15) is 0 Å². The van der Waals surface area contributed by atoms with Gasteiger partial charge < -0.3 is 4.42 Å². The zero-order valence-corrected chi connectivity index (χ0v) is 8.08. The van der Waals surface area contributed by atoms with E-state index in [0.29, 0.717) is 5.92 Å². The fourth-order valence-electron chi connectivity index (χ4n) is 1.60. The molecule has 68 valence electrons. The Labute approximate surface area is 78.4 Å². The summed E-state index contributed by atoms with van der Waals surface area (Å²) in [5, 5.41) is 1.26. The first kappa shape index (κ1) is 8.36. The van der Waals surface area contributed by atoms with E-state index in [0.717, 1.165) is 12.0 Å². The lowest BCUT2D eigenvalue weighted by molar-refractivity contribution is 0.600. The van der Waals surface area contributed by atoms with Crippen LogP contribution in [0.2, 0.25) is 0 Å². The zero-order chi connectivity index (χ0) is 9.26. The molecule has 1 unspecified atom stereocenters. The predicted octanol–water partition coefficient (Wildman–Crippen LogP) is 3.95. The van der Waals surface area contributed by atoms with E-state index >= 15 is 0 Å². The number of rotatable bonds is 2. The smallest absolute Gasteiger partial charge is 0.134 e. The molecule has 1 atom stereocenters. The number of furan rings is 1. The maximum Gasteiger partial charge on any atom is 0.134 e. The molecular formula is C12H14O. The van der Waals surface area contributed by atoms with Crippen molar-refractivity contribution >= 4 is 11.0 Å². The van der Waals surface area contributed by atoms with E-state index < -0.39 is 0 Å². The topological polar surface area (TPSA) is 13.1 Å². The Bertz CT molecular complexity index is 400. The van der Waals surface area contributed by atoms with Gasteiger partial charge in [0.1, 0.15) is 5.58 Å². The van der Waals surface area contributed by atoms with E-state index in [1.165, 1.54) is 10.9 Å². The number of hydrogen-bond donors (Lipinski definition) is 0. The van der Waals surface area contributed by atoms with Gasteiger partial charge in [-0.3, -0.25) is 0 Å². The van der Waals surface area contributed by atoms with Gasteiger partial charge in [-0.15, -0.1) is 0 Å². The maximum absolute atomic E-state index is 5.47. The Kier molecular flexibility index (Phi) is 2.09. The first-order valence-corrected chi connectivity index (χ1v) is 4.79. The van der Waals surface area contributed by atoms with Crippen molar-refractivity contribution in [3.05, 3.63) is 36.1 Å². The summed E-state index contributed by atoms with van der Waals surface area (Å²) in [7, 11) is 0. The van der Waals surface area contributed by atoms with Crippen molar-refractivity contribution in [2.24, 2.45) is 0 Å². The quantitative estimate of drug-likeness (QED) is 0.672. The van der Waals surface area contributed by atoms with Crippen LogP contribution in [0.4, 0.5) is 0 Å². The second-order valence-electron chi connectivity index (χ2n) is 3.50. The summed E-state index contributed by atoms with van der Waals surface area (Å²) in [6.07, 6.45) is 3.04. The number of fused-ring (bicyclic) bond motifs is 1. The largest absolute Gasteiger partial charge is 0.464 e. The highest BCUT2D eigenvalue weighted by molar-refractivity contribution is 5.81. The lowest BCUT2D eigenvalue weighted by Gasteiger charge is -2.04. The third-order valence-electron chi connectivity index (χ3n) is 2.65. The first-order valence-electron chi connectivity index (χ1n) is 4.79. The van der Waals surface area contributed by atoms with E-state index in [-0.39, 0.29) is 0 Å². The first-order chi connectivity index (χ1) is 6.33. The van der Waals surface area contributed by atoms with Gasteiger partial charge in [0.15, 0.2) is 0 Å². The molecule has 0 aliphatic carbocycles. The van der Waals surface area contributed by atoms with Gasteiger partial charge >= 0.3 is 0 Å². The molecule has 1 aromatic carbocycles. The Morgan fingerprint density at radius 1 is 1.31 bits per heavy atom. The molecule has 0 saturated heterocycles. The minimum atomic E-state index is 0.587. The molecule has 0 fully saturated rings. The standard InChI is InChI=1S/C12H14O/c1-3-9(2)11-8-13-12-7-5-4-6-10(11)12/h4-9H,3H2,1-2H3. The number of benzene rings is 1. The van der Waals surface area contributed by atoms with Crippen molar-refractivity contribution in [3.63, 3.8) is 0 Å². The second-order valence-corrected chi connectivity index (χ2v) is 3.50. The third kappa shape index (κ3) is 1.35. The van der Waals surface area contributed by atoms with Crippen LogP contribution in [-0.2, 0) is 0 Å². The Morgan fingerprint density at radius 2 is 2.08 bits per heavy atom. The Hall–Kier alpha value is -1.24. The Morgan fingerprint density at radius 3 is 2.85 bits per heavy atom. The average molecular weight is 174 g/mol. The van der Waals surface area contributed by atoms with Crippen LogP contribution in [0.25, 0.3) is 11.0 Å². The Balaban J connectivity index is 2.57. The highest BCUT2D eigenvalue weighted by Crippen LogP contribution is 2.28. The van der Waals surface area contributed by atoms with E-state index in [9.17, 15) is 0 Å². The van der Waals surface area contributed by atoms with Gasteiger partial charge in [0.05, 0.1) is 6.26 Å². The third-order valence-corrected chi connectivity index (χ3v) is 2.65. The van der Waals surface area contributed by atoms with E-state index in [2.05, 4.69) is 26.0 Å². The fourth-order valence-corrected chi connectivity index (χ4v) is 1.60. The lowest BCUT2D eigenvalue weighted by Crippen LogP contribution is -1.88. The van der Waals surface area contributed by atoms with Crippen LogP contribution < -0.4 is 0 Å². The zero-order valence-electron chi connectivity index (χ0n) is 8.08. The molecule has 0 radical (unpaired) electrons. The summed E-state index contributed by atoms with van der Waals surface area (Å²) >= 11 is 0. The van der Waals surface area contributed by atoms with Gasteiger partial charge in [0.25, 0.3) is 0 Å². The molecule has 1 heteroatoms. The molecule has 1 nitrogen and oxygen atoms in total.